The summed E-state index contributed by atoms with van der Waals surface area (Å²) >= 11 is 0. The Bertz CT molecular complexity index is 1770. The fourth-order valence-electron chi connectivity index (χ4n) is 7.15. The normalized spacial score (nSPS) is 18.7. The zero-order valence-corrected chi connectivity index (χ0v) is 26.9. The van der Waals surface area contributed by atoms with Crippen molar-refractivity contribution in [2.45, 2.75) is 37.8 Å². The Kier molecular flexibility index (Phi) is 8.04. The van der Waals surface area contributed by atoms with Crippen molar-refractivity contribution in [2.24, 2.45) is 0 Å². The first kappa shape index (κ1) is 30.1. The molecule has 4 aromatic carbocycles. The summed E-state index contributed by atoms with van der Waals surface area (Å²) in [6.07, 6.45) is 2.96. The van der Waals surface area contributed by atoms with Gasteiger partial charge < -0.3 is 38.8 Å². The summed E-state index contributed by atoms with van der Waals surface area (Å²) in [6.45, 7) is 1.63. The van der Waals surface area contributed by atoms with Crippen molar-refractivity contribution in [1.82, 2.24) is 10.2 Å². The number of ether oxygens (including phenoxy) is 6. The van der Waals surface area contributed by atoms with Gasteiger partial charge in [-0.1, -0.05) is 18.2 Å². The van der Waals surface area contributed by atoms with E-state index in [1.165, 1.54) is 0 Å². The lowest BCUT2D eigenvalue weighted by atomic mass is 9.87. The summed E-state index contributed by atoms with van der Waals surface area (Å²) in [7, 11) is 8.75. The Balaban J connectivity index is 1.50. The highest BCUT2D eigenvalue weighted by atomic mass is 16.6. The van der Waals surface area contributed by atoms with Gasteiger partial charge >= 0.3 is 0 Å². The first-order chi connectivity index (χ1) is 22.4. The van der Waals surface area contributed by atoms with Crippen LogP contribution >= 0.6 is 0 Å². The Morgan fingerprint density at radius 3 is 2.24 bits per heavy atom. The van der Waals surface area contributed by atoms with Gasteiger partial charge in [-0.25, -0.2) is 0 Å². The third-order valence-corrected chi connectivity index (χ3v) is 9.50. The standard InChI is InChI=1S/C37H40N2O7/c1-39-15-13-25-26-20-32(42-3)35(43-4)34(25)46-37-33-23(19-31(41-2)36(37)44-5)12-14-38-27(33)16-22-8-11-29(40)30(18-22)45-24-9-6-21(7-10-24)17-28(26)39/h6-11,18-20,27-28,38,40H,12-17H2,1-5H3/t27-,28-/m0/s1. The number of fused-ring (bicyclic) bond motifs is 2. The Morgan fingerprint density at radius 1 is 0.783 bits per heavy atom. The van der Waals surface area contributed by atoms with E-state index in [4.69, 9.17) is 28.4 Å². The fraction of sp³-hybridized carbons (Fsp3) is 0.351. The van der Waals surface area contributed by atoms with Gasteiger partial charge in [0.2, 0.25) is 11.5 Å². The lowest BCUT2D eigenvalue weighted by Crippen LogP contribution is -2.34. The van der Waals surface area contributed by atoms with E-state index in [1.54, 1.807) is 34.5 Å². The molecule has 0 spiro atoms. The molecule has 8 bridgehead atoms. The summed E-state index contributed by atoms with van der Waals surface area (Å²) in [6, 6.07) is 17.7. The lowest BCUT2D eigenvalue weighted by Gasteiger charge is -2.37. The number of nitrogens with zero attached hydrogens (tertiary/aromatic N) is 1. The number of nitrogens with one attached hydrogen (secondary N) is 1. The van der Waals surface area contributed by atoms with E-state index in [9.17, 15) is 5.11 Å². The smallest absolute Gasteiger partial charge is 0.204 e. The van der Waals surface area contributed by atoms with Crippen molar-refractivity contribution in [2.75, 3.05) is 48.6 Å². The summed E-state index contributed by atoms with van der Waals surface area (Å²) in [5.41, 5.74) is 6.49. The van der Waals surface area contributed by atoms with Crippen LogP contribution in [0.5, 0.6) is 51.7 Å². The third kappa shape index (κ3) is 5.23. The topological polar surface area (TPSA) is 90.9 Å². The minimum absolute atomic E-state index is 0.0628. The van der Waals surface area contributed by atoms with Gasteiger partial charge in [-0.15, -0.1) is 0 Å². The molecule has 2 atom stereocenters. The van der Waals surface area contributed by atoms with Crippen LogP contribution in [0.3, 0.4) is 0 Å². The zero-order chi connectivity index (χ0) is 31.9. The SMILES string of the molecule is COc1cc2c3c(c1OC)Oc1c(OC)c(OC)cc4c1[C@H](Cc1ccc(O)c(c1)Oc1ccc(cc1)C[C@@H]2N(C)CC3)NCC4. The van der Waals surface area contributed by atoms with E-state index in [2.05, 4.69) is 41.5 Å². The fourth-order valence-corrected chi connectivity index (χ4v) is 7.15. The second-order valence-electron chi connectivity index (χ2n) is 12.1. The number of rotatable bonds is 4. The van der Waals surface area contributed by atoms with Crippen LogP contribution in [0.25, 0.3) is 0 Å². The molecule has 9 heteroatoms. The van der Waals surface area contributed by atoms with Crippen LogP contribution < -0.4 is 33.7 Å². The maximum Gasteiger partial charge on any atom is 0.204 e. The molecule has 8 rings (SSSR count). The van der Waals surface area contributed by atoms with E-state index in [0.29, 0.717) is 52.4 Å². The molecule has 9 nitrogen and oxygen atoms in total. The summed E-state index contributed by atoms with van der Waals surface area (Å²) in [5, 5.41) is 14.4. The summed E-state index contributed by atoms with van der Waals surface area (Å²) in [4.78, 5) is 2.37. The molecule has 0 fully saturated rings. The number of benzene rings is 4. The van der Waals surface area contributed by atoms with Gasteiger partial charge in [0.15, 0.2) is 34.5 Å². The number of phenolic OH excluding ortho intramolecular Hbond substituents is 1. The first-order valence-electron chi connectivity index (χ1n) is 15.7. The van der Waals surface area contributed by atoms with E-state index < -0.39 is 0 Å². The predicted molar refractivity (Wildman–Crippen MR) is 175 cm³/mol. The number of methoxy groups -OCH3 is 4. The maximum absolute atomic E-state index is 10.7. The molecule has 2 N–H and O–H groups in total. The van der Waals surface area contributed by atoms with Crippen LogP contribution in [-0.4, -0.2) is 58.6 Å². The minimum Gasteiger partial charge on any atom is -0.504 e. The molecule has 0 unspecified atom stereocenters. The second-order valence-corrected chi connectivity index (χ2v) is 12.1. The van der Waals surface area contributed by atoms with E-state index in [0.717, 1.165) is 65.7 Å². The summed E-state index contributed by atoms with van der Waals surface area (Å²) < 4.78 is 37.2. The van der Waals surface area contributed by atoms with Crippen LogP contribution in [0.15, 0.2) is 54.6 Å². The minimum atomic E-state index is -0.125. The maximum atomic E-state index is 10.7. The van der Waals surface area contributed by atoms with E-state index in [-0.39, 0.29) is 17.8 Å². The molecule has 0 saturated carbocycles. The number of phenols is 1. The van der Waals surface area contributed by atoms with Crippen LogP contribution in [-0.2, 0) is 25.7 Å². The molecular weight excluding hydrogens is 584 g/mol. The van der Waals surface area contributed by atoms with E-state index >= 15 is 0 Å². The number of likely N-dealkylation sites (N-methyl/N-ethyl adjacent to an activating group) is 1. The van der Waals surface area contributed by atoms with Gasteiger partial charge in [-0.2, -0.15) is 0 Å². The van der Waals surface area contributed by atoms with Crippen molar-refractivity contribution in [3.05, 3.63) is 88.0 Å². The molecule has 4 aliphatic heterocycles. The van der Waals surface area contributed by atoms with Gasteiger partial charge in [0, 0.05) is 29.8 Å². The quantitative estimate of drug-likeness (QED) is 0.263. The average Bonchev–Trinajstić information content (AvgIpc) is 3.07. The molecule has 4 aliphatic rings. The average molecular weight is 625 g/mol. The predicted octanol–water partition coefficient (Wildman–Crippen LogP) is 6.53. The number of aromatic hydroxyl groups is 1. The molecule has 4 heterocycles. The third-order valence-electron chi connectivity index (χ3n) is 9.50. The molecule has 0 aliphatic carbocycles. The number of hydrogen-bond donors (Lipinski definition) is 2. The van der Waals surface area contributed by atoms with Crippen molar-refractivity contribution in [3.63, 3.8) is 0 Å². The van der Waals surface area contributed by atoms with Crippen LogP contribution in [0.1, 0.15) is 45.5 Å². The van der Waals surface area contributed by atoms with Gasteiger partial charge in [0.1, 0.15) is 5.75 Å². The van der Waals surface area contributed by atoms with Crippen LogP contribution in [0.4, 0.5) is 0 Å². The van der Waals surface area contributed by atoms with Gasteiger partial charge in [0.25, 0.3) is 0 Å². The molecule has 0 saturated heterocycles. The molecule has 0 aromatic heterocycles. The Morgan fingerprint density at radius 2 is 1.50 bits per heavy atom. The first-order valence-corrected chi connectivity index (χ1v) is 15.7. The van der Waals surface area contributed by atoms with Gasteiger partial charge in [0.05, 0.1) is 28.4 Å². The molecular formula is C37H40N2O7. The number of hydrogen-bond acceptors (Lipinski definition) is 9. The highest BCUT2D eigenvalue weighted by Crippen LogP contribution is 2.54. The molecule has 4 aromatic rings. The van der Waals surface area contributed by atoms with Crippen molar-refractivity contribution in [1.29, 1.82) is 0 Å². The van der Waals surface area contributed by atoms with Gasteiger partial charge in [-0.05, 0) is 97.9 Å². The van der Waals surface area contributed by atoms with Crippen LogP contribution in [0.2, 0.25) is 0 Å². The molecule has 46 heavy (non-hydrogen) atoms. The molecule has 0 radical (unpaired) electrons. The Hall–Kier alpha value is -4.60. The highest BCUT2D eigenvalue weighted by Gasteiger charge is 2.35. The van der Waals surface area contributed by atoms with Gasteiger partial charge in [-0.3, -0.25) is 4.90 Å². The van der Waals surface area contributed by atoms with Crippen LogP contribution in [0, 0.1) is 0 Å². The zero-order valence-electron chi connectivity index (χ0n) is 26.9. The highest BCUT2D eigenvalue weighted by molar-refractivity contribution is 5.67. The monoisotopic (exact) mass is 624 g/mol. The van der Waals surface area contributed by atoms with Crippen molar-refractivity contribution < 1.29 is 33.5 Å². The van der Waals surface area contributed by atoms with Crippen molar-refractivity contribution in [3.8, 4) is 51.7 Å². The largest absolute Gasteiger partial charge is 0.504 e. The summed E-state index contributed by atoms with van der Waals surface area (Å²) in [5.74, 6) is 4.66. The lowest BCUT2D eigenvalue weighted by molar-refractivity contribution is 0.224. The van der Waals surface area contributed by atoms with E-state index in [1.807, 2.05) is 24.3 Å². The van der Waals surface area contributed by atoms with Crippen molar-refractivity contribution >= 4 is 0 Å². The molecule has 240 valence electrons. The Labute approximate surface area is 269 Å². The molecule has 0 amide bonds. The second kappa shape index (κ2) is 12.3.